The Balaban J connectivity index is 1.47. The zero-order valence-corrected chi connectivity index (χ0v) is 18.9. The molecular weight excluding hydrogens is 391 g/mol. The molecule has 4 aromatic carbocycles. The van der Waals surface area contributed by atoms with Gasteiger partial charge in [0.2, 0.25) is 0 Å². The van der Waals surface area contributed by atoms with Gasteiger partial charge in [0.1, 0.15) is 5.82 Å². The van der Waals surface area contributed by atoms with Gasteiger partial charge in [0, 0.05) is 5.56 Å². The van der Waals surface area contributed by atoms with E-state index in [4.69, 9.17) is 0 Å². The summed E-state index contributed by atoms with van der Waals surface area (Å²) in [6.45, 7) is 6.10. The van der Waals surface area contributed by atoms with E-state index in [1.807, 2.05) is 19.1 Å². The third-order valence-corrected chi connectivity index (χ3v) is 5.77. The normalized spacial score (nSPS) is 10.5. The zero-order valence-electron chi connectivity index (χ0n) is 18.9. The minimum atomic E-state index is -0.243. The van der Waals surface area contributed by atoms with Crippen molar-refractivity contribution in [1.29, 1.82) is 0 Å². The van der Waals surface area contributed by atoms with E-state index in [0.29, 0.717) is 5.56 Å². The monoisotopic (exact) mass is 418 g/mol. The summed E-state index contributed by atoms with van der Waals surface area (Å²) in [4.78, 5) is 0. The van der Waals surface area contributed by atoms with Crippen LogP contribution in [0.15, 0.2) is 84.9 Å². The summed E-state index contributed by atoms with van der Waals surface area (Å²) < 4.78 is 14.8. The van der Waals surface area contributed by atoms with E-state index in [2.05, 4.69) is 92.4 Å². The summed E-state index contributed by atoms with van der Waals surface area (Å²) in [6.07, 6.45) is 1.71. The fraction of sp³-hybridized carbons (Fsp3) is 0.161. The van der Waals surface area contributed by atoms with E-state index in [1.165, 1.54) is 22.3 Å². The maximum Gasteiger partial charge on any atom is 0.139 e. The SMILES string of the molecule is Cc1ccc(CCc2cc(C)c(C#Cc3ccc(-c4ccc(C)cc4)cc3)c(F)c2)cc1. The Morgan fingerprint density at radius 2 is 1.12 bits per heavy atom. The summed E-state index contributed by atoms with van der Waals surface area (Å²) in [7, 11) is 0. The van der Waals surface area contributed by atoms with Crippen molar-refractivity contribution in [3.8, 4) is 23.0 Å². The summed E-state index contributed by atoms with van der Waals surface area (Å²) in [5.41, 5.74) is 9.34. The standard InChI is InChI=1S/C31H27F/c1-22-4-8-25(9-5-22)10-11-27-20-24(3)30(31(32)21-27)19-14-26-12-17-29(18-13-26)28-15-6-23(2)7-16-28/h4-9,12-13,15-18,20-21H,10-11H2,1-3H3. The Morgan fingerprint density at radius 3 is 1.72 bits per heavy atom. The highest BCUT2D eigenvalue weighted by atomic mass is 19.1. The van der Waals surface area contributed by atoms with Gasteiger partial charge in [-0.1, -0.05) is 89.7 Å². The first-order valence-electron chi connectivity index (χ1n) is 11.0. The molecule has 0 saturated carbocycles. The van der Waals surface area contributed by atoms with Crippen LogP contribution in [0, 0.1) is 38.4 Å². The Labute approximate surface area is 190 Å². The second-order valence-electron chi connectivity index (χ2n) is 8.45. The van der Waals surface area contributed by atoms with Crippen molar-refractivity contribution >= 4 is 0 Å². The Hall–Kier alpha value is -3.63. The molecule has 0 radical (unpaired) electrons. The van der Waals surface area contributed by atoms with Gasteiger partial charge in [0.15, 0.2) is 0 Å². The lowest BCUT2D eigenvalue weighted by Crippen LogP contribution is -1.97. The molecule has 0 amide bonds. The van der Waals surface area contributed by atoms with Crippen LogP contribution >= 0.6 is 0 Å². The fourth-order valence-corrected chi connectivity index (χ4v) is 3.79. The van der Waals surface area contributed by atoms with Crippen LogP contribution in [0.25, 0.3) is 11.1 Å². The van der Waals surface area contributed by atoms with E-state index >= 15 is 0 Å². The van der Waals surface area contributed by atoms with Crippen molar-refractivity contribution in [3.63, 3.8) is 0 Å². The minimum Gasteiger partial charge on any atom is -0.206 e. The summed E-state index contributed by atoms with van der Waals surface area (Å²) in [6, 6.07) is 28.8. The van der Waals surface area contributed by atoms with Gasteiger partial charge in [-0.2, -0.15) is 0 Å². The Kier molecular flexibility index (Phi) is 6.52. The third-order valence-electron chi connectivity index (χ3n) is 5.77. The predicted molar refractivity (Wildman–Crippen MR) is 132 cm³/mol. The second-order valence-corrected chi connectivity index (χ2v) is 8.45. The van der Waals surface area contributed by atoms with Gasteiger partial charge in [-0.05, 0) is 79.6 Å². The van der Waals surface area contributed by atoms with Crippen molar-refractivity contribution in [1.82, 2.24) is 0 Å². The van der Waals surface area contributed by atoms with Crippen molar-refractivity contribution in [2.24, 2.45) is 0 Å². The quantitative estimate of drug-likeness (QED) is 0.299. The second kappa shape index (κ2) is 9.67. The minimum absolute atomic E-state index is 0.243. The van der Waals surface area contributed by atoms with E-state index in [1.54, 1.807) is 6.07 Å². The number of aryl methyl sites for hydroxylation is 5. The molecule has 0 nitrogen and oxygen atoms in total. The maximum atomic E-state index is 14.8. The lowest BCUT2D eigenvalue weighted by atomic mass is 9.99. The average Bonchev–Trinajstić information content (AvgIpc) is 2.79. The molecule has 0 unspecified atom stereocenters. The Bertz CT molecular complexity index is 1240. The van der Waals surface area contributed by atoms with E-state index in [9.17, 15) is 4.39 Å². The van der Waals surface area contributed by atoms with Gasteiger partial charge in [-0.3, -0.25) is 0 Å². The number of benzene rings is 4. The van der Waals surface area contributed by atoms with Crippen LogP contribution in [0.2, 0.25) is 0 Å². The van der Waals surface area contributed by atoms with Crippen LogP contribution < -0.4 is 0 Å². The number of hydrogen-bond donors (Lipinski definition) is 0. The average molecular weight is 419 g/mol. The lowest BCUT2D eigenvalue weighted by Gasteiger charge is -2.07. The molecule has 0 bridgehead atoms. The van der Waals surface area contributed by atoms with E-state index in [-0.39, 0.29) is 5.82 Å². The maximum absolute atomic E-state index is 14.8. The highest BCUT2D eigenvalue weighted by Crippen LogP contribution is 2.21. The molecule has 4 rings (SSSR count). The molecule has 0 aromatic heterocycles. The first kappa shape index (κ1) is 21.6. The lowest BCUT2D eigenvalue weighted by molar-refractivity contribution is 0.620. The number of halogens is 1. The van der Waals surface area contributed by atoms with Crippen molar-refractivity contribution in [2.45, 2.75) is 33.6 Å². The van der Waals surface area contributed by atoms with Crippen LogP contribution in [0.1, 0.15) is 38.9 Å². The predicted octanol–water partition coefficient (Wildman–Crippen LogP) is 7.60. The van der Waals surface area contributed by atoms with E-state index < -0.39 is 0 Å². The first-order chi connectivity index (χ1) is 15.5. The molecule has 0 saturated heterocycles. The molecule has 158 valence electrons. The zero-order chi connectivity index (χ0) is 22.5. The van der Waals surface area contributed by atoms with Crippen LogP contribution in [-0.4, -0.2) is 0 Å². The molecule has 4 aromatic rings. The fourth-order valence-electron chi connectivity index (χ4n) is 3.79. The smallest absolute Gasteiger partial charge is 0.139 e. The highest BCUT2D eigenvalue weighted by Gasteiger charge is 2.07. The molecule has 0 heterocycles. The van der Waals surface area contributed by atoms with Gasteiger partial charge in [-0.15, -0.1) is 0 Å². The summed E-state index contributed by atoms with van der Waals surface area (Å²) >= 11 is 0. The van der Waals surface area contributed by atoms with Crippen LogP contribution in [0.4, 0.5) is 4.39 Å². The molecule has 0 aliphatic carbocycles. The number of hydrogen-bond acceptors (Lipinski definition) is 0. The van der Waals surface area contributed by atoms with Gasteiger partial charge >= 0.3 is 0 Å². The molecule has 0 N–H and O–H groups in total. The summed E-state index contributed by atoms with van der Waals surface area (Å²) in [5, 5.41) is 0. The van der Waals surface area contributed by atoms with Gasteiger partial charge in [0.05, 0.1) is 5.56 Å². The first-order valence-corrected chi connectivity index (χ1v) is 11.0. The third kappa shape index (κ3) is 5.34. The van der Waals surface area contributed by atoms with Crippen molar-refractivity contribution in [2.75, 3.05) is 0 Å². The van der Waals surface area contributed by atoms with Crippen LogP contribution in [0.5, 0.6) is 0 Å². The topological polar surface area (TPSA) is 0 Å². The molecule has 0 spiro atoms. The molecule has 1 heteroatoms. The largest absolute Gasteiger partial charge is 0.206 e. The molecular formula is C31H27F. The highest BCUT2D eigenvalue weighted by molar-refractivity contribution is 5.64. The van der Waals surface area contributed by atoms with Crippen molar-refractivity contribution < 1.29 is 4.39 Å². The van der Waals surface area contributed by atoms with Crippen LogP contribution in [-0.2, 0) is 12.8 Å². The van der Waals surface area contributed by atoms with Gasteiger partial charge < -0.3 is 0 Å². The van der Waals surface area contributed by atoms with Crippen LogP contribution in [0.3, 0.4) is 0 Å². The molecule has 0 atom stereocenters. The summed E-state index contributed by atoms with van der Waals surface area (Å²) in [5.74, 6) is 5.93. The van der Waals surface area contributed by atoms with Crippen molar-refractivity contribution in [3.05, 3.63) is 130 Å². The van der Waals surface area contributed by atoms with Gasteiger partial charge in [0.25, 0.3) is 0 Å². The number of rotatable bonds is 4. The van der Waals surface area contributed by atoms with Gasteiger partial charge in [-0.25, -0.2) is 4.39 Å². The molecule has 0 fully saturated rings. The Morgan fingerprint density at radius 1 is 0.594 bits per heavy atom. The molecule has 32 heavy (non-hydrogen) atoms. The molecule has 0 aliphatic rings. The molecule has 0 aliphatic heterocycles. The van der Waals surface area contributed by atoms with E-state index in [0.717, 1.165) is 35.1 Å².